The average Bonchev–Trinajstić information content (AvgIpc) is 3.33. The highest BCUT2D eigenvalue weighted by molar-refractivity contribution is 7.13. The van der Waals surface area contributed by atoms with Crippen LogP contribution in [0.4, 0.5) is 13.2 Å². The van der Waals surface area contributed by atoms with Gasteiger partial charge < -0.3 is 19.4 Å². The highest BCUT2D eigenvalue weighted by atomic mass is 32.1. The molecule has 0 radical (unpaired) electrons. The third-order valence-corrected chi connectivity index (χ3v) is 7.59. The molecule has 0 saturated heterocycles. The Bertz CT molecular complexity index is 934. The van der Waals surface area contributed by atoms with Gasteiger partial charge in [0.1, 0.15) is 17.8 Å². The Morgan fingerprint density at radius 1 is 1.35 bits per heavy atom. The van der Waals surface area contributed by atoms with E-state index in [-0.39, 0.29) is 18.4 Å². The summed E-state index contributed by atoms with van der Waals surface area (Å²) >= 11 is 1.33. The molecule has 0 spiro atoms. The fourth-order valence-electron chi connectivity index (χ4n) is 4.59. The fraction of sp³-hybridized carbons (Fsp3) is 0.696. The van der Waals surface area contributed by atoms with Crippen molar-refractivity contribution in [1.29, 1.82) is 0 Å². The van der Waals surface area contributed by atoms with Gasteiger partial charge in [0.25, 0.3) is 11.6 Å². The van der Waals surface area contributed by atoms with Crippen LogP contribution in [0.2, 0.25) is 0 Å². The topological polar surface area (TPSA) is 80.5 Å². The van der Waals surface area contributed by atoms with Gasteiger partial charge in [-0.2, -0.15) is 0 Å². The number of ether oxygens (including phenoxy) is 1. The number of thiazole rings is 1. The number of carbonyl (C=O) groups is 1. The van der Waals surface area contributed by atoms with E-state index in [0.29, 0.717) is 61.9 Å². The molecule has 3 heterocycles. The third kappa shape index (κ3) is 6.94. The number of halogens is 3. The Kier molecular flexibility index (Phi) is 8.13. The van der Waals surface area contributed by atoms with Crippen LogP contribution in [0, 0.1) is 6.92 Å². The number of oxazole rings is 1. The van der Waals surface area contributed by atoms with Crippen LogP contribution in [-0.4, -0.2) is 65.2 Å². The van der Waals surface area contributed by atoms with Crippen LogP contribution in [0.3, 0.4) is 0 Å². The lowest BCUT2D eigenvalue weighted by Gasteiger charge is -2.35. The van der Waals surface area contributed by atoms with Crippen LogP contribution in [-0.2, 0) is 24.1 Å². The molecule has 2 aromatic heterocycles. The van der Waals surface area contributed by atoms with Gasteiger partial charge in [-0.15, -0.1) is 0 Å². The fourth-order valence-corrected chi connectivity index (χ4v) is 5.55. The van der Waals surface area contributed by atoms with Gasteiger partial charge in [0.05, 0.1) is 11.9 Å². The summed E-state index contributed by atoms with van der Waals surface area (Å²) in [6.45, 7) is 3.37. The maximum absolute atomic E-state index is 15.4. The van der Waals surface area contributed by atoms with Gasteiger partial charge >= 0.3 is 0 Å². The number of hydrogen-bond donors (Lipinski definition) is 1. The SMILES string of the molecule is Cc1cnc(CC(=O)N[C@H]2CC[C@](F)(CCN3CCc4nc(OCC(F)F)sc4CC3)CC2)o1. The first-order chi connectivity index (χ1) is 16.3. The first kappa shape index (κ1) is 25.0. The summed E-state index contributed by atoms with van der Waals surface area (Å²) in [5.74, 6) is 0.916. The molecule has 0 unspecified atom stereocenters. The lowest BCUT2D eigenvalue weighted by Crippen LogP contribution is -2.43. The summed E-state index contributed by atoms with van der Waals surface area (Å²) < 4.78 is 50.5. The van der Waals surface area contributed by atoms with Crippen molar-refractivity contribution in [3.05, 3.63) is 28.4 Å². The zero-order valence-corrected chi connectivity index (χ0v) is 20.1. The van der Waals surface area contributed by atoms with Gasteiger partial charge in [-0.05, 0) is 45.4 Å². The zero-order chi connectivity index (χ0) is 24.1. The highest BCUT2D eigenvalue weighted by Crippen LogP contribution is 2.35. The standard InChI is InChI=1S/C23H31F3N4O3S/c1-15-13-27-21(33-15)12-20(31)28-16-2-6-23(26,7-3-16)8-11-30-9-4-17-18(5-10-30)34-22(29-17)32-14-19(24)25/h13,16,19H,2-12,14H2,1H3,(H,28,31)/t16-,23+. The minimum absolute atomic E-state index is 0.0193. The molecule has 0 atom stereocenters. The van der Waals surface area contributed by atoms with Crippen LogP contribution in [0.25, 0.3) is 0 Å². The zero-order valence-electron chi connectivity index (χ0n) is 19.3. The van der Waals surface area contributed by atoms with E-state index in [1.54, 1.807) is 13.1 Å². The number of fused-ring (bicyclic) bond motifs is 1. The summed E-state index contributed by atoms with van der Waals surface area (Å²) in [7, 11) is 0. The van der Waals surface area contributed by atoms with Gasteiger partial charge in [-0.25, -0.2) is 23.1 Å². The summed E-state index contributed by atoms with van der Waals surface area (Å²) in [5.41, 5.74) is -0.310. The predicted molar refractivity (Wildman–Crippen MR) is 121 cm³/mol. The molecule has 7 nitrogen and oxygen atoms in total. The van der Waals surface area contributed by atoms with E-state index in [0.717, 1.165) is 30.1 Å². The van der Waals surface area contributed by atoms with Gasteiger partial charge in [0, 0.05) is 37.0 Å². The van der Waals surface area contributed by atoms with E-state index in [1.165, 1.54) is 11.3 Å². The minimum Gasteiger partial charge on any atom is -0.464 e. The molecule has 1 fully saturated rings. The number of aryl methyl sites for hydroxylation is 1. The molecule has 0 bridgehead atoms. The Morgan fingerprint density at radius 2 is 2.12 bits per heavy atom. The van der Waals surface area contributed by atoms with Crippen LogP contribution in [0.15, 0.2) is 10.6 Å². The Labute approximate surface area is 201 Å². The van der Waals surface area contributed by atoms with E-state index in [4.69, 9.17) is 9.15 Å². The molecule has 4 rings (SSSR count). The molecule has 188 valence electrons. The van der Waals surface area contributed by atoms with Crippen LogP contribution in [0.5, 0.6) is 5.19 Å². The largest absolute Gasteiger partial charge is 0.464 e. The number of nitrogens with zero attached hydrogens (tertiary/aromatic N) is 3. The lowest BCUT2D eigenvalue weighted by atomic mass is 9.81. The molecular weight excluding hydrogens is 469 g/mol. The van der Waals surface area contributed by atoms with Crippen molar-refractivity contribution in [1.82, 2.24) is 20.2 Å². The number of hydrogen-bond acceptors (Lipinski definition) is 7. The van der Waals surface area contributed by atoms with E-state index in [2.05, 4.69) is 20.2 Å². The highest BCUT2D eigenvalue weighted by Gasteiger charge is 2.36. The van der Waals surface area contributed by atoms with Crippen LogP contribution >= 0.6 is 11.3 Å². The van der Waals surface area contributed by atoms with Crippen molar-refractivity contribution >= 4 is 17.2 Å². The molecule has 2 aliphatic rings. The van der Waals surface area contributed by atoms with E-state index in [1.807, 2.05) is 0 Å². The van der Waals surface area contributed by atoms with Crippen molar-refractivity contribution in [2.24, 2.45) is 0 Å². The van der Waals surface area contributed by atoms with Crippen molar-refractivity contribution < 1.29 is 27.1 Å². The summed E-state index contributed by atoms with van der Waals surface area (Å²) in [4.78, 5) is 23.9. The van der Waals surface area contributed by atoms with Gasteiger partial charge in [0.15, 0.2) is 6.61 Å². The van der Waals surface area contributed by atoms with Crippen LogP contribution in [0.1, 0.15) is 54.3 Å². The van der Waals surface area contributed by atoms with Crippen molar-refractivity contribution in [3.8, 4) is 5.19 Å². The molecule has 0 aromatic carbocycles. The first-order valence-corrected chi connectivity index (χ1v) is 12.6. The Hall–Kier alpha value is -2.14. The maximum atomic E-state index is 15.4. The average molecular weight is 501 g/mol. The summed E-state index contributed by atoms with van der Waals surface area (Å²) in [6, 6.07) is -0.0193. The second kappa shape index (κ2) is 11.1. The monoisotopic (exact) mass is 500 g/mol. The smallest absolute Gasteiger partial charge is 0.273 e. The quantitative estimate of drug-likeness (QED) is 0.563. The molecule has 1 aliphatic heterocycles. The van der Waals surface area contributed by atoms with Crippen molar-refractivity contribution in [3.63, 3.8) is 0 Å². The van der Waals surface area contributed by atoms with Gasteiger partial charge in [-0.3, -0.25) is 4.79 Å². The van der Waals surface area contributed by atoms with Crippen LogP contribution < -0.4 is 10.1 Å². The number of nitrogens with one attached hydrogen (secondary N) is 1. The maximum Gasteiger partial charge on any atom is 0.273 e. The van der Waals surface area contributed by atoms with Gasteiger partial charge in [0.2, 0.25) is 11.8 Å². The van der Waals surface area contributed by atoms with E-state index >= 15 is 4.39 Å². The number of carbonyl (C=O) groups excluding carboxylic acids is 1. The molecule has 1 saturated carbocycles. The second-order valence-electron chi connectivity index (χ2n) is 9.18. The van der Waals surface area contributed by atoms with Crippen molar-refractivity contribution in [2.45, 2.75) is 76.4 Å². The van der Waals surface area contributed by atoms with E-state index in [9.17, 15) is 13.6 Å². The number of alkyl halides is 3. The normalized spacial score (nSPS) is 23.5. The molecule has 1 aliphatic carbocycles. The van der Waals surface area contributed by atoms with E-state index < -0.39 is 18.7 Å². The number of aromatic nitrogens is 2. The van der Waals surface area contributed by atoms with Crippen molar-refractivity contribution in [2.75, 3.05) is 26.2 Å². The Balaban J connectivity index is 1.17. The molecule has 1 N–H and O–H groups in total. The summed E-state index contributed by atoms with van der Waals surface area (Å²) in [5, 5.41) is 3.29. The second-order valence-corrected chi connectivity index (χ2v) is 10.2. The third-order valence-electron chi connectivity index (χ3n) is 6.52. The lowest BCUT2D eigenvalue weighted by molar-refractivity contribution is -0.122. The summed E-state index contributed by atoms with van der Waals surface area (Å²) in [6.07, 6.45) is 3.22. The molecule has 11 heteroatoms. The molecular formula is C23H31F3N4O3S. The predicted octanol–water partition coefficient (Wildman–Crippen LogP) is 3.88. The Morgan fingerprint density at radius 3 is 2.82 bits per heavy atom. The number of amides is 1. The minimum atomic E-state index is -2.51. The molecule has 1 amide bonds. The first-order valence-electron chi connectivity index (χ1n) is 11.8. The molecule has 34 heavy (non-hydrogen) atoms. The number of rotatable bonds is 9. The van der Waals surface area contributed by atoms with Gasteiger partial charge in [-0.1, -0.05) is 11.3 Å². The molecule has 2 aromatic rings.